The van der Waals surface area contributed by atoms with Gasteiger partial charge in [-0.25, -0.2) is 0 Å². The number of halogens is 1. The summed E-state index contributed by atoms with van der Waals surface area (Å²) in [6.07, 6.45) is 1.30. The Hall–Kier alpha value is -0.900. The van der Waals surface area contributed by atoms with E-state index >= 15 is 0 Å². The molecule has 0 bridgehead atoms. The third kappa shape index (κ3) is 11.2. The second kappa shape index (κ2) is 15.0. The number of ether oxygens (including phenoxy) is 2. The molecule has 0 amide bonds. The Labute approximate surface area is 193 Å². The van der Waals surface area contributed by atoms with Crippen molar-refractivity contribution in [1.29, 1.82) is 0 Å². The summed E-state index contributed by atoms with van der Waals surface area (Å²) in [4.78, 5) is 6.77. The van der Waals surface area contributed by atoms with E-state index in [1.807, 2.05) is 0 Å². The molecule has 1 aromatic rings. The molecule has 0 radical (unpaired) electrons. The van der Waals surface area contributed by atoms with Crippen molar-refractivity contribution in [3.63, 3.8) is 0 Å². The molecule has 1 fully saturated rings. The van der Waals surface area contributed by atoms with Crippen molar-refractivity contribution in [2.75, 3.05) is 46.5 Å². The molecule has 0 aliphatic carbocycles. The normalized spacial score (nSPS) is 17.8. The first-order valence-corrected chi connectivity index (χ1v) is 10.5. The van der Waals surface area contributed by atoms with E-state index in [2.05, 4.69) is 65.6 Å². The Bertz CT molecular complexity index is 598. The molecule has 0 spiro atoms. The predicted molar refractivity (Wildman–Crippen MR) is 131 cm³/mol. The molecular formula is C22H39IN4O2. The van der Waals surface area contributed by atoms with Gasteiger partial charge in [-0.3, -0.25) is 9.89 Å². The second-order valence-corrected chi connectivity index (χ2v) is 7.91. The van der Waals surface area contributed by atoms with Gasteiger partial charge in [-0.05, 0) is 30.4 Å². The largest absolute Gasteiger partial charge is 0.381 e. The van der Waals surface area contributed by atoms with Crippen molar-refractivity contribution in [1.82, 2.24) is 15.5 Å². The van der Waals surface area contributed by atoms with E-state index in [1.165, 1.54) is 11.1 Å². The lowest BCUT2D eigenvalue weighted by atomic mass is 10.1. The zero-order valence-corrected chi connectivity index (χ0v) is 20.8. The highest BCUT2D eigenvalue weighted by Crippen LogP contribution is 2.12. The van der Waals surface area contributed by atoms with Crippen molar-refractivity contribution in [3.05, 3.63) is 35.4 Å². The predicted octanol–water partition coefficient (Wildman–Crippen LogP) is 3.25. The first-order valence-electron chi connectivity index (χ1n) is 10.5. The van der Waals surface area contributed by atoms with Gasteiger partial charge in [0.2, 0.25) is 0 Å². The first-order chi connectivity index (χ1) is 13.6. The van der Waals surface area contributed by atoms with Crippen molar-refractivity contribution in [2.24, 2.45) is 10.9 Å². The van der Waals surface area contributed by atoms with Crippen LogP contribution in [-0.2, 0) is 22.6 Å². The van der Waals surface area contributed by atoms with Crippen LogP contribution in [-0.4, -0.2) is 63.5 Å². The molecular weight excluding hydrogens is 479 g/mol. The third-order valence-electron chi connectivity index (χ3n) is 4.62. The summed E-state index contributed by atoms with van der Waals surface area (Å²) in [6, 6.07) is 8.78. The Kier molecular flexibility index (Phi) is 13.5. The summed E-state index contributed by atoms with van der Waals surface area (Å²) in [5.41, 5.74) is 2.61. The molecule has 1 aliphatic heterocycles. The minimum atomic E-state index is 0. The number of aliphatic imine (C=N–C) groups is 1. The van der Waals surface area contributed by atoms with Crippen LogP contribution in [0.4, 0.5) is 0 Å². The molecule has 2 N–H and O–H groups in total. The van der Waals surface area contributed by atoms with Crippen molar-refractivity contribution < 1.29 is 9.47 Å². The van der Waals surface area contributed by atoms with Gasteiger partial charge >= 0.3 is 0 Å². The fourth-order valence-corrected chi connectivity index (χ4v) is 3.24. The van der Waals surface area contributed by atoms with Crippen LogP contribution < -0.4 is 10.6 Å². The van der Waals surface area contributed by atoms with E-state index in [9.17, 15) is 0 Å². The number of hydrogen-bond donors (Lipinski definition) is 2. The Morgan fingerprint density at radius 3 is 2.83 bits per heavy atom. The van der Waals surface area contributed by atoms with Crippen LogP contribution >= 0.6 is 24.0 Å². The minimum Gasteiger partial charge on any atom is -0.381 e. The maximum Gasteiger partial charge on any atom is 0.191 e. The maximum atomic E-state index is 5.63. The summed E-state index contributed by atoms with van der Waals surface area (Å²) in [7, 11) is 1.81. The number of nitrogens with one attached hydrogen (secondary N) is 2. The molecule has 29 heavy (non-hydrogen) atoms. The Balaban J connectivity index is 0.00000420. The van der Waals surface area contributed by atoms with Gasteiger partial charge in [0.1, 0.15) is 0 Å². The summed E-state index contributed by atoms with van der Waals surface area (Å²) >= 11 is 0. The van der Waals surface area contributed by atoms with Crippen molar-refractivity contribution >= 4 is 29.9 Å². The van der Waals surface area contributed by atoms with Gasteiger partial charge in [0.15, 0.2) is 5.96 Å². The smallest absolute Gasteiger partial charge is 0.191 e. The van der Waals surface area contributed by atoms with Gasteiger partial charge in [-0.2, -0.15) is 0 Å². The molecule has 1 aliphatic rings. The minimum absolute atomic E-state index is 0. The average Bonchev–Trinajstić information content (AvgIpc) is 2.67. The summed E-state index contributed by atoms with van der Waals surface area (Å²) in [5.74, 6) is 1.42. The molecule has 1 heterocycles. The lowest BCUT2D eigenvalue weighted by Crippen LogP contribution is -2.40. The Morgan fingerprint density at radius 2 is 2.10 bits per heavy atom. The van der Waals surface area contributed by atoms with E-state index in [-0.39, 0.29) is 24.0 Å². The molecule has 1 aromatic carbocycles. The molecule has 7 heteroatoms. The number of hydrogen-bond acceptors (Lipinski definition) is 4. The second-order valence-electron chi connectivity index (χ2n) is 7.91. The highest BCUT2D eigenvalue weighted by atomic mass is 127. The van der Waals surface area contributed by atoms with Crippen LogP contribution in [0.1, 0.15) is 38.3 Å². The molecule has 0 aromatic heterocycles. The molecule has 1 saturated heterocycles. The monoisotopic (exact) mass is 518 g/mol. The van der Waals surface area contributed by atoms with Gasteiger partial charge in [0.05, 0.1) is 12.7 Å². The number of rotatable bonds is 10. The van der Waals surface area contributed by atoms with Crippen molar-refractivity contribution in [3.8, 4) is 0 Å². The summed E-state index contributed by atoms with van der Waals surface area (Å²) in [5, 5.41) is 6.75. The molecule has 166 valence electrons. The van der Waals surface area contributed by atoms with Crippen LogP contribution in [0.5, 0.6) is 0 Å². The lowest BCUT2D eigenvalue weighted by molar-refractivity contribution is -0.0212. The van der Waals surface area contributed by atoms with Gasteiger partial charge in [-0.15, -0.1) is 24.0 Å². The number of nitrogens with zero attached hydrogens (tertiary/aromatic N) is 2. The third-order valence-corrected chi connectivity index (χ3v) is 4.62. The van der Waals surface area contributed by atoms with Crippen LogP contribution in [0, 0.1) is 5.92 Å². The van der Waals surface area contributed by atoms with Gasteiger partial charge in [0, 0.05) is 53.0 Å². The van der Waals surface area contributed by atoms with Gasteiger partial charge in [-0.1, -0.05) is 38.1 Å². The number of morpholine rings is 1. The fraction of sp³-hybridized carbons (Fsp3) is 0.682. The number of benzene rings is 1. The topological polar surface area (TPSA) is 58.1 Å². The standard InChI is InChI=1S/C22H38N4O2.HI/c1-18(2)17-27-11-6-9-24-22(23-4)25-14-20-7-5-8-21(13-20)16-26-10-12-28-19(3)15-26;/h5,7-8,13,18-19H,6,9-12,14-17H2,1-4H3,(H2,23,24,25);1H. The van der Waals surface area contributed by atoms with Gasteiger partial charge < -0.3 is 20.1 Å². The van der Waals surface area contributed by atoms with Crippen LogP contribution in [0.15, 0.2) is 29.3 Å². The zero-order chi connectivity index (χ0) is 20.2. The first kappa shape index (κ1) is 26.1. The van der Waals surface area contributed by atoms with E-state index in [4.69, 9.17) is 9.47 Å². The molecule has 0 saturated carbocycles. The maximum absolute atomic E-state index is 5.63. The lowest BCUT2D eigenvalue weighted by Gasteiger charge is -2.31. The van der Waals surface area contributed by atoms with Crippen molar-refractivity contribution in [2.45, 2.75) is 46.4 Å². The quantitative estimate of drug-likeness (QED) is 0.216. The molecule has 6 nitrogen and oxygen atoms in total. The van der Waals surface area contributed by atoms with Gasteiger partial charge in [0.25, 0.3) is 0 Å². The van der Waals surface area contributed by atoms with E-state index in [1.54, 1.807) is 7.05 Å². The zero-order valence-electron chi connectivity index (χ0n) is 18.4. The summed E-state index contributed by atoms with van der Waals surface area (Å²) < 4.78 is 11.2. The van der Waals surface area contributed by atoms with E-state index < -0.39 is 0 Å². The fourth-order valence-electron chi connectivity index (χ4n) is 3.24. The highest BCUT2D eigenvalue weighted by Gasteiger charge is 2.16. The Morgan fingerprint density at radius 1 is 1.31 bits per heavy atom. The SMILES string of the molecule is CN=C(NCCCOCC(C)C)NCc1cccc(CN2CCOC(C)C2)c1.I. The molecule has 1 atom stereocenters. The molecule has 1 unspecified atom stereocenters. The van der Waals surface area contributed by atoms with Crippen LogP contribution in [0.2, 0.25) is 0 Å². The summed E-state index contributed by atoms with van der Waals surface area (Å²) in [6.45, 7) is 13.5. The van der Waals surface area contributed by atoms with E-state index in [0.29, 0.717) is 12.0 Å². The van der Waals surface area contributed by atoms with E-state index in [0.717, 1.165) is 64.9 Å². The van der Waals surface area contributed by atoms with Crippen LogP contribution in [0.3, 0.4) is 0 Å². The molecule has 2 rings (SSSR count). The highest BCUT2D eigenvalue weighted by molar-refractivity contribution is 14.0. The average molecular weight is 518 g/mol. The number of guanidine groups is 1. The van der Waals surface area contributed by atoms with Crippen LogP contribution in [0.25, 0.3) is 0 Å².